The van der Waals surface area contributed by atoms with Gasteiger partial charge in [0.2, 0.25) is 0 Å². The Balaban J connectivity index is 1.68. The average Bonchev–Trinajstić information content (AvgIpc) is 2.48. The maximum atomic E-state index is 12.1. The van der Waals surface area contributed by atoms with Gasteiger partial charge in [-0.1, -0.05) is 13.0 Å². The van der Waals surface area contributed by atoms with Gasteiger partial charge in [0.05, 0.1) is 0 Å². The van der Waals surface area contributed by atoms with Gasteiger partial charge in [-0.3, -0.25) is 4.79 Å². The lowest BCUT2D eigenvalue weighted by Gasteiger charge is -2.30. The highest BCUT2D eigenvalue weighted by Gasteiger charge is 2.15. The molecule has 1 aromatic rings. The van der Waals surface area contributed by atoms with Gasteiger partial charge < -0.3 is 10.2 Å². The fraction of sp³-hybridized carbons (Fsp3) is 0.611. The number of hydrogen-bond acceptors (Lipinski definition) is 2. The van der Waals surface area contributed by atoms with Crippen LogP contribution in [0.2, 0.25) is 0 Å². The first-order valence-corrected chi connectivity index (χ1v) is 8.14. The van der Waals surface area contributed by atoms with E-state index in [2.05, 4.69) is 24.1 Å². The summed E-state index contributed by atoms with van der Waals surface area (Å²) >= 11 is 0. The van der Waals surface area contributed by atoms with Crippen LogP contribution in [0.5, 0.6) is 0 Å². The number of amides is 1. The van der Waals surface area contributed by atoms with Crippen molar-refractivity contribution in [2.45, 2.75) is 40.0 Å². The topological polar surface area (TPSA) is 32.3 Å². The van der Waals surface area contributed by atoms with E-state index in [0.717, 1.165) is 31.0 Å². The molecule has 0 aliphatic carbocycles. The number of nitrogens with one attached hydrogen (secondary N) is 1. The van der Waals surface area contributed by atoms with E-state index in [-0.39, 0.29) is 5.91 Å². The molecule has 0 saturated carbocycles. The van der Waals surface area contributed by atoms with Crippen LogP contribution in [0, 0.1) is 19.8 Å². The number of likely N-dealkylation sites (tertiary alicyclic amines) is 1. The van der Waals surface area contributed by atoms with E-state index in [1.807, 2.05) is 25.1 Å². The Labute approximate surface area is 128 Å². The monoisotopic (exact) mass is 288 g/mol. The highest BCUT2D eigenvalue weighted by Crippen LogP contribution is 2.15. The fourth-order valence-electron chi connectivity index (χ4n) is 2.77. The molecule has 1 saturated heterocycles. The third-order valence-corrected chi connectivity index (χ3v) is 4.58. The second-order valence-electron chi connectivity index (χ2n) is 6.43. The molecule has 0 radical (unpaired) electrons. The lowest BCUT2D eigenvalue weighted by Crippen LogP contribution is -2.35. The van der Waals surface area contributed by atoms with Crippen molar-refractivity contribution in [2.24, 2.45) is 5.92 Å². The van der Waals surface area contributed by atoms with Gasteiger partial charge in [-0.2, -0.15) is 0 Å². The quantitative estimate of drug-likeness (QED) is 0.844. The van der Waals surface area contributed by atoms with Gasteiger partial charge in [0, 0.05) is 12.1 Å². The zero-order valence-corrected chi connectivity index (χ0v) is 13.6. The molecule has 0 aromatic heterocycles. The van der Waals surface area contributed by atoms with E-state index < -0.39 is 0 Å². The summed E-state index contributed by atoms with van der Waals surface area (Å²) in [5, 5.41) is 3.03. The third-order valence-electron chi connectivity index (χ3n) is 4.58. The van der Waals surface area contributed by atoms with Crippen LogP contribution in [-0.4, -0.2) is 37.0 Å². The van der Waals surface area contributed by atoms with Crippen LogP contribution < -0.4 is 5.32 Å². The number of nitrogens with zero attached hydrogens (tertiary/aromatic N) is 1. The molecule has 1 aliphatic heterocycles. The Morgan fingerprint density at radius 2 is 1.95 bits per heavy atom. The largest absolute Gasteiger partial charge is 0.352 e. The molecule has 1 heterocycles. The number of piperidine rings is 1. The number of rotatable bonds is 5. The number of hydrogen-bond donors (Lipinski definition) is 1. The Kier molecular flexibility index (Phi) is 5.80. The molecule has 0 unspecified atom stereocenters. The molecule has 1 fully saturated rings. The first-order chi connectivity index (χ1) is 10.1. The normalized spacial score (nSPS) is 16.9. The summed E-state index contributed by atoms with van der Waals surface area (Å²) in [6.07, 6.45) is 3.66. The molecular formula is C18H28N2O. The summed E-state index contributed by atoms with van der Waals surface area (Å²) < 4.78 is 0. The van der Waals surface area contributed by atoms with Crippen LogP contribution in [0.4, 0.5) is 0 Å². The van der Waals surface area contributed by atoms with Crippen LogP contribution in [0.1, 0.15) is 47.7 Å². The first kappa shape index (κ1) is 16.0. The van der Waals surface area contributed by atoms with Crippen molar-refractivity contribution < 1.29 is 4.79 Å². The molecule has 0 atom stereocenters. The van der Waals surface area contributed by atoms with Gasteiger partial charge in [-0.15, -0.1) is 0 Å². The smallest absolute Gasteiger partial charge is 0.251 e. The summed E-state index contributed by atoms with van der Waals surface area (Å²) in [6, 6.07) is 5.89. The van der Waals surface area contributed by atoms with Crippen molar-refractivity contribution in [3.8, 4) is 0 Å². The predicted octanol–water partition coefficient (Wildman–Crippen LogP) is 3.16. The summed E-state index contributed by atoms with van der Waals surface area (Å²) in [4.78, 5) is 14.6. The summed E-state index contributed by atoms with van der Waals surface area (Å²) in [5.74, 6) is 0.927. The Morgan fingerprint density at radius 1 is 1.24 bits per heavy atom. The SMILES string of the molecule is Cc1ccc(C(=O)NCCCN2CCC(C)CC2)cc1C. The minimum absolute atomic E-state index is 0.0466. The molecule has 1 N–H and O–H groups in total. The molecule has 1 aromatic carbocycles. The fourth-order valence-corrected chi connectivity index (χ4v) is 2.77. The molecule has 116 valence electrons. The molecule has 21 heavy (non-hydrogen) atoms. The lowest BCUT2D eigenvalue weighted by atomic mass is 9.99. The predicted molar refractivity (Wildman–Crippen MR) is 87.7 cm³/mol. The standard InChI is InChI=1S/C18H28N2O/c1-14-7-11-20(12-8-14)10-4-9-19-18(21)17-6-5-15(2)16(3)13-17/h5-6,13-14H,4,7-12H2,1-3H3,(H,19,21). The number of carbonyl (C=O) groups excluding carboxylic acids is 1. The van der Waals surface area contributed by atoms with Crippen LogP contribution in [0.15, 0.2) is 18.2 Å². The Hall–Kier alpha value is -1.35. The highest BCUT2D eigenvalue weighted by atomic mass is 16.1. The molecule has 3 nitrogen and oxygen atoms in total. The van der Waals surface area contributed by atoms with Gasteiger partial charge in [0.25, 0.3) is 5.91 Å². The number of benzene rings is 1. The van der Waals surface area contributed by atoms with E-state index in [9.17, 15) is 4.79 Å². The molecule has 3 heteroatoms. The molecular weight excluding hydrogens is 260 g/mol. The van der Waals surface area contributed by atoms with E-state index in [1.165, 1.54) is 37.1 Å². The number of aryl methyl sites for hydroxylation is 2. The average molecular weight is 288 g/mol. The van der Waals surface area contributed by atoms with Gasteiger partial charge in [0.1, 0.15) is 0 Å². The van der Waals surface area contributed by atoms with E-state index in [1.54, 1.807) is 0 Å². The maximum absolute atomic E-state index is 12.1. The molecule has 0 bridgehead atoms. The summed E-state index contributed by atoms with van der Waals surface area (Å²) in [5.41, 5.74) is 3.17. The van der Waals surface area contributed by atoms with Crippen LogP contribution in [0.25, 0.3) is 0 Å². The van der Waals surface area contributed by atoms with Crippen molar-refractivity contribution >= 4 is 5.91 Å². The molecule has 1 aliphatic rings. The van der Waals surface area contributed by atoms with E-state index >= 15 is 0 Å². The van der Waals surface area contributed by atoms with Gasteiger partial charge in [-0.25, -0.2) is 0 Å². The maximum Gasteiger partial charge on any atom is 0.251 e. The Morgan fingerprint density at radius 3 is 2.62 bits per heavy atom. The van der Waals surface area contributed by atoms with Crippen molar-refractivity contribution in [1.82, 2.24) is 10.2 Å². The number of carbonyl (C=O) groups is 1. The molecule has 0 spiro atoms. The Bertz CT molecular complexity index is 476. The molecule has 2 rings (SSSR count). The van der Waals surface area contributed by atoms with Crippen LogP contribution >= 0.6 is 0 Å². The lowest BCUT2D eigenvalue weighted by molar-refractivity contribution is 0.0950. The third kappa shape index (κ3) is 4.85. The van der Waals surface area contributed by atoms with Crippen LogP contribution in [0.3, 0.4) is 0 Å². The second kappa shape index (κ2) is 7.60. The van der Waals surface area contributed by atoms with E-state index in [0.29, 0.717) is 0 Å². The van der Waals surface area contributed by atoms with Gasteiger partial charge in [0.15, 0.2) is 0 Å². The van der Waals surface area contributed by atoms with Crippen molar-refractivity contribution in [2.75, 3.05) is 26.2 Å². The molecule has 1 amide bonds. The van der Waals surface area contributed by atoms with Crippen LogP contribution in [-0.2, 0) is 0 Å². The zero-order valence-electron chi connectivity index (χ0n) is 13.6. The highest BCUT2D eigenvalue weighted by molar-refractivity contribution is 5.94. The zero-order chi connectivity index (χ0) is 15.2. The van der Waals surface area contributed by atoms with Gasteiger partial charge in [-0.05, 0) is 81.9 Å². The van der Waals surface area contributed by atoms with Crippen molar-refractivity contribution in [1.29, 1.82) is 0 Å². The minimum Gasteiger partial charge on any atom is -0.352 e. The first-order valence-electron chi connectivity index (χ1n) is 8.14. The van der Waals surface area contributed by atoms with E-state index in [4.69, 9.17) is 0 Å². The minimum atomic E-state index is 0.0466. The second-order valence-corrected chi connectivity index (χ2v) is 6.43. The van der Waals surface area contributed by atoms with Crippen molar-refractivity contribution in [3.63, 3.8) is 0 Å². The van der Waals surface area contributed by atoms with Gasteiger partial charge >= 0.3 is 0 Å². The van der Waals surface area contributed by atoms with Crippen molar-refractivity contribution in [3.05, 3.63) is 34.9 Å². The summed E-state index contributed by atoms with van der Waals surface area (Å²) in [7, 11) is 0. The summed E-state index contributed by atoms with van der Waals surface area (Å²) in [6.45, 7) is 10.7.